The zero-order chi connectivity index (χ0) is 30.7. The zero-order valence-electron chi connectivity index (χ0n) is 26.3. The smallest absolute Gasteiger partial charge is 0.316 e. The molecule has 0 saturated heterocycles. The standard InChI is InChI=1S/C37H44N4O2/c1-7-8-22-39(37(43)38-35-29(25(2)3)13-11-14-30(35)26(4)5)24-34(42)41-32-16-10-9-15-31(32)40-23-12-17-33(40)36(41)28-20-18-27(6)19-21-28/h9-21,23,25-26,36H,7-8,22,24H2,1-6H3,(H,38,43). The Morgan fingerprint density at radius 1 is 0.837 bits per heavy atom. The summed E-state index contributed by atoms with van der Waals surface area (Å²) in [4.78, 5) is 32.1. The van der Waals surface area contributed by atoms with Crippen LogP contribution in [-0.4, -0.2) is 34.5 Å². The van der Waals surface area contributed by atoms with Crippen LogP contribution in [0.25, 0.3) is 5.69 Å². The van der Waals surface area contributed by atoms with Crippen molar-refractivity contribution >= 4 is 23.3 Å². The zero-order valence-corrected chi connectivity index (χ0v) is 26.3. The lowest BCUT2D eigenvalue weighted by Crippen LogP contribution is -2.48. The van der Waals surface area contributed by atoms with Gasteiger partial charge in [-0.15, -0.1) is 0 Å². The molecule has 0 aliphatic carbocycles. The summed E-state index contributed by atoms with van der Waals surface area (Å²) in [6, 6.07) is 26.2. The second-order valence-electron chi connectivity index (χ2n) is 12.2. The molecule has 3 amide bonds. The van der Waals surface area contributed by atoms with Gasteiger partial charge in [0.1, 0.15) is 12.6 Å². The van der Waals surface area contributed by atoms with Crippen molar-refractivity contribution in [1.29, 1.82) is 0 Å². The SMILES string of the molecule is CCCCN(CC(=O)N1c2ccccc2-n2cccc2C1c1ccc(C)cc1)C(=O)Nc1c(C(C)C)cccc1C(C)C. The molecule has 3 aromatic carbocycles. The van der Waals surface area contributed by atoms with Crippen molar-refractivity contribution in [2.75, 3.05) is 23.3 Å². The van der Waals surface area contributed by atoms with Gasteiger partial charge in [0.15, 0.2) is 0 Å². The molecule has 0 saturated carbocycles. The summed E-state index contributed by atoms with van der Waals surface area (Å²) < 4.78 is 2.17. The van der Waals surface area contributed by atoms with E-state index in [1.54, 1.807) is 4.90 Å². The van der Waals surface area contributed by atoms with E-state index in [0.717, 1.165) is 57.9 Å². The molecule has 0 spiro atoms. The molecule has 1 unspecified atom stereocenters. The summed E-state index contributed by atoms with van der Waals surface area (Å²) >= 11 is 0. The Kier molecular flexibility index (Phi) is 9.05. The van der Waals surface area contributed by atoms with E-state index in [2.05, 4.69) is 106 Å². The summed E-state index contributed by atoms with van der Waals surface area (Å²) in [5.74, 6) is 0.380. The Bertz CT molecular complexity index is 1560. The van der Waals surface area contributed by atoms with Crippen molar-refractivity contribution in [3.63, 3.8) is 0 Å². The Morgan fingerprint density at radius 2 is 1.49 bits per heavy atom. The van der Waals surface area contributed by atoms with E-state index in [4.69, 9.17) is 0 Å². The third kappa shape index (κ3) is 6.10. The quantitative estimate of drug-likeness (QED) is 0.216. The molecule has 5 rings (SSSR count). The molecule has 1 aliphatic heterocycles. The predicted molar refractivity (Wildman–Crippen MR) is 176 cm³/mol. The second-order valence-corrected chi connectivity index (χ2v) is 12.2. The molecule has 1 aromatic heterocycles. The molecule has 0 radical (unpaired) electrons. The number of carbonyl (C=O) groups is 2. The highest BCUT2D eigenvalue weighted by Gasteiger charge is 2.37. The molecule has 0 fully saturated rings. The average molecular weight is 577 g/mol. The Hall–Kier alpha value is -4.32. The van der Waals surface area contributed by atoms with Crippen molar-refractivity contribution < 1.29 is 9.59 Å². The van der Waals surface area contributed by atoms with Gasteiger partial charge in [0.2, 0.25) is 5.91 Å². The summed E-state index contributed by atoms with van der Waals surface area (Å²) in [6.07, 6.45) is 3.78. The van der Waals surface area contributed by atoms with Gasteiger partial charge < -0.3 is 14.8 Å². The first-order chi connectivity index (χ1) is 20.7. The number of aromatic nitrogens is 1. The fraction of sp³-hybridized carbons (Fsp3) is 0.351. The van der Waals surface area contributed by atoms with Crippen LogP contribution in [0.4, 0.5) is 16.2 Å². The van der Waals surface area contributed by atoms with Crippen molar-refractivity contribution in [3.05, 3.63) is 113 Å². The summed E-state index contributed by atoms with van der Waals surface area (Å²) in [5, 5.41) is 3.25. The van der Waals surface area contributed by atoms with E-state index >= 15 is 0 Å². The van der Waals surface area contributed by atoms with Gasteiger partial charge in [-0.1, -0.05) is 101 Å². The molecule has 4 aromatic rings. The maximum atomic E-state index is 14.5. The third-order valence-corrected chi connectivity index (χ3v) is 8.38. The van der Waals surface area contributed by atoms with Crippen LogP contribution in [0.15, 0.2) is 85.1 Å². The minimum Gasteiger partial charge on any atom is -0.316 e. The van der Waals surface area contributed by atoms with Gasteiger partial charge in [-0.25, -0.2) is 4.79 Å². The minimum absolute atomic E-state index is 0.0237. The van der Waals surface area contributed by atoms with Gasteiger partial charge in [0, 0.05) is 18.4 Å². The maximum Gasteiger partial charge on any atom is 0.322 e. The van der Waals surface area contributed by atoms with E-state index in [0.29, 0.717) is 6.54 Å². The van der Waals surface area contributed by atoms with Gasteiger partial charge in [0.05, 0.1) is 17.1 Å². The van der Waals surface area contributed by atoms with Crippen LogP contribution in [-0.2, 0) is 4.79 Å². The lowest BCUT2D eigenvalue weighted by Gasteiger charge is -2.39. The lowest BCUT2D eigenvalue weighted by atomic mass is 9.93. The first-order valence-corrected chi connectivity index (χ1v) is 15.5. The van der Waals surface area contributed by atoms with E-state index in [1.807, 2.05) is 35.2 Å². The number of amides is 3. The molecule has 43 heavy (non-hydrogen) atoms. The van der Waals surface area contributed by atoms with Gasteiger partial charge >= 0.3 is 6.03 Å². The van der Waals surface area contributed by atoms with Crippen molar-refractivity contribution in [3.8, 4) is 5.69 Å². The molecule has 6 heteroatoms. The number of carbonyl (C=O) groups excluding carboxylic acids is 2. The van der Waals surface area contributed by atoms with Crippen LogP contribution in [0.1, 0.15) is 93.3 Å². The van der Waals surface area contributed by atoms with Crippen molar-refractivity contribution in [2.45, 2.75) is 72.3 Å². The maximum absolute atomic E-state index is 14.5. The molecular formula is C37H44N4O2. The van der Waals surface area contributed by atoms with E-state index in [-0.39, 0.29) is 36.4 Å². The number of hydrogen-bond acceptors (Lipinski definition) is 2. The van der Waals surface area contributed by atoms with Crippen LogP contribution in [0.5, 0.6) is 0 Å². The van der Waals surface area contributed by atoms with Crippen LogP contribution in [0.2, 0.25) is 0 Å². The molecule has 224 valence electrons. The lowest BCUT2D eigenvalue weighted by molar-refractivity contribution is -0.119. The number of para-hydroxylation sites is 3. The molecule has 2 heterocycles. The number of hydrogen-bond donors (Lipinski definition) is 1. The number of unbranched alkanes of at least 4 members (excludes halogenated alkanes) is 1. The predicted octanol–water partition coefficient (Wildman–Crippen LogP) is 8.80. The fourth-order valence-electron chi connectivity index (χ4n) is 6.05. The number of nitrogens with zero attached hydrogens (tertiary/aromatic N) is 3. The summed E-state index contributed by atoms with van der Waals surface area (Å²) in [7, 11) is 0. The van der Waals surface area contributed by atoms with Gasteiger partial charge in [-0.05, 0) is 66.1 Å². The van der Waals surface area contributed by atoms with E-state index < -0.39 is 0 Å². The molecule has 1 aliphatic rings. The number of benzene rings is 3. The number of urea groups is 1. The highest BCUT2D eigenvalue weighted by molar-refractivity contribution is 6.01. The summed E-state index contributed by atoms with van der Waals surface area (Å²) in [6.45, 7) is 13.2. The number of rotatable bonds is 9. The topological polar surface area (TPSA) is 57.6 Å². The third-order valence-electron chi connectivity index (χ3n) is 8.38. The summed E-state index contributed by atoms with van der Waals surface area (Å²) in [5.41, 5.74) is 8.08. The largest absolute Gasteiger partial charge is 0.322 e. The van der Waals surface area contributed by atoms with Crippen molar-refractivity contribution in [2.24, 2.45) is 0 Å². The van der Waals surface area contributed by atoms with Gasteiger partial charge in [-0.3, -0.25) is 9.69 Å². The molecule has 1 atom stereocenters. The Labute approximate surface area is 256 Å². The number of nitrogens with one attached hydrogen (secondary N) is 1. The van der Waals surface area contributed by atoms with Crippen LogP contribution >= 0.6 is 0 Å². The van der Waals surface area contributed by atoms with Gasteiger partial charge in [-0.2, -0.15) is 0 Å². The molecule has 0 bridgehead atoms. The number of aryl methyl sites for hydroxylation is 1. The number of fused-ring (bicyclic) bond motifs is 3. The fourth-order valence-corrected chi connectivity index (χ4v) is 6.05. The molecular weight excluding hydrogens is 532 g/mol. The monoisotopic (exact) mass is 576 g/mol. The molecule has 1 N–H and O–H groups in total. The van der Waals surface area contributed by atoms with Crippen LogP contribution < -0.4 is 10.2 Å². The highest BCUT2D eigenvalue weighted by Crippen LogP contribution is 2.42. The van der Waals surface area contributed by atoms with Crippen LogP contribution in [0, 0.1) is 6.92 Å². The van der Waals surface area contributed by atoms with E-state index in [1.165, 1.54) is 0 Å². The number of anilines is 2. The first kappa shape index (κ1) is 30.1. The first-order valence-electron chi connectivity index (χ1n) is 15.5. The molecule has 6 nitrogen and oxygen atoms in total. The minimum atomic E-state index is -0.316. The van der Waals surface area contributed by atoms with Gasteiger partial charge in [0.25, 0.3) is 0 Å². The Morgan fingerprint density at radius 3 is 2.12 bits per heavy atom. The second kappa shape index (κ2) is 12.9. The highest BCUT2D eigenvalue weighted by atomic mass is 16.2. The van der Waals surface area contributed by atoms with E-state index in [9.17, 15) is 9.59 Å². The van der Waals surface area contributed by atoms with Crippen molar-refractivity contribution in [1.82, 2.24) is 9.47 Å². The Balaban J connectivity index is 1.52. The average Bonchev–Trinajstić information content (AvgIpc) is 3.49. The van der Waals surface area contributed by atoms with Crippen LogP contribution in [0.3, 0.4) is 0 Å². The normalized spacial score (nSPS) is 14.0.